The molecule has 0 saturated heterocycles. The summed E-state index contributed by atoms with van der Waals surface area (Å²) < 4.78 is 11.3. The van der Waals surface area contributed by atoms with Gasteiger partial charge in [0, 0.05) is 12.6 Å². The molecule has 1 amide bonds. The van der Waals surface area contributed by atoms with Gasteiger partial charge in [0.15, 0.2) is 6.61 Å². The van der Waals surface area contributed by atoms with E-state index in [1.54, 1.807) is 0 Å². The lowest BCUT2D eigenvalue weighted by molar-refractivity contribution is -0.123. The van der Waals surface area contributed by atoms with Crippen molar-refractivity contribution in [3.05, 3.63) is 60.2 Å². The van der Waals surface area contributed by atoms with E-state index in [2.05, 4.69) is 12.2 Å². The molecule has 0 aliphatic heterocycles. The summed E-state index contributed by atoms with van der Waals surface area (Å²) in [7, 11) is 0. The van der Waals surface area contributed by atoms with Gasteiger partial charge in [-0.25, -0.2) is 0 Å². The van der Waals surface area contributed by atoms with E-state index < -0.39 is 0 Å². The summed E-state index contributed by atoms with van der Waals surface area (Å²) in [5, 5.41) is 2.85. The molecule has 0 heterocycles. The maximum Gasteiger partial charge on any atom is 0.258 e. The second-order valence-electron chi connectivity index (χ2n) is 6.29. The van der Waals surface area contributed by atoms with Gasteiger partial charge in [0.1, 0.15) is 11.5 Å². The molecule has 0 unspecified atom stereocenters. The highest BCUT2D eigenvalue weighted by Gasteiger charge is 2.04. The molecule has 0 aliphatic rings. The first kappa shape index (κ1) is 19.8. The second-order valence-corrected chi connectivity index (χ2v) is 6.29. The molecule has 1 N–H and O–H groups in total. The number of rotatable bonds is 12. The Hall–Kier alpha value is -2.49. The predicted molar refractivity (Wildman–Crippen MR) is 104 cm³/mol. The molecule has 2 aromatic carbocycles. The summed E-state index contributed by atoms with van der Waals surface area (Å²) in [5.74, 6) is 1.28. The number of hydrogen-bond acceptors (Lipinski definition) is 3. The molecule has 0 spiro atoms. The van der Waals surface area contributed by atoms with Gasteiger partial charge in [-0.3, -0.25) is 4.79 Å². The van der Waals surface area contributed by atoms with Crippen molar-refractivity contribution in [2.75, 3.05) is 13.2 Å². The first-order valence-electron chi connectivity index (χ1n) is 9.44. The third-order valence-corrected chi connectivity index (χ3v) is 4.02. The number of carbonyl (C=O) groups is 1. The van der Waals surface area contributed by atoms with Crippen molar-refractivity contribution in [3.8, 4) is 11.5 Å². The van der Waals surface area contributed by atoms with Crippen LogP contribution in [0, 0.1) is 0 Å². The first-order chi connectivity index (χ1) is 12.8. The van der Waals surface area contributed by atoms with E-state index >= 15 is 0 Å². The number of carbonyl (C=O) groups excluding carboxylic acids is 1. The second kappa shape index (κ2) is 12.0. The van der Waals surface area contributed by atoms with Crippen LogP contribution in [0.25, 0.3) is 0 Å². The fraction of sp³-hybridized carbons (Fsp3) is 0.409. The van der Waals surface area contributed by atoms with Crippen LogP contribution in [0.1, 0.15) is 44.6 Å². The fourth-order valence-corrected chi connectivity index (χ4v) is 2.55. The molecule has 2 aromatic rings. The van der Waals surface area contributed by atoms with Crippen molar-refractivity contribution >= 4 is 5.91 Å². The molecule has 0 saturated carbocycles. The minimum Gasteiger partial charge on any atom is -0.493 e. The molecule has 0 atom stereocenters. The number of nitrogens with one attached hydrogen (secondary N) is 1. The lowest BCUT2D eigenvalue weighted by Crippen LogP contribution is -2.28. The normalized spacial score (nSPS) is 10.3. The molecule has 0 aliphatic carbocycles. The highest BCUT2D eigenvalue weighted by atomic mass is 16.5. The molecule has 0 aromatic heterocycles. The van der Waals surface area contributed by atoms with Gasteiger partial charge >= 0.3 is 0 Å². The standard InChI is InChI=1S/C22H29NO3/c1-2-3-4-5-9-15-25-20-13-10-14-21(16-20)26-18-22(24)23-17-19-11-7-6-8-12-19/h6-8,10-14,16H,2-5,9,15,17-18H2,1H3,(H,23,24). The first-order valence-corrected chi connectivity index (χ1v) is 9.44. The van der Waals surface area contributed by atoms with E-state index in [1.165, 1.54) is 25.7 Å². The van der Waals surface area contributed by atoms with E-state index in [1.807, 2.05) is 54.6 Å². The molecule has 140 valence electrons. The van der Waals surface area contributed by atoms with Crippen LogP contribution >= 0.6 is 0 Å². The van der Waals surface area contributed by atoms with Gasteiger partial charge in [-0.1, -0.05) is 69.0 Å². The van der Waals surface area contributed by atoms with Crippen LogP contribution in [0.4, 0.5) is 0 Å². The highest BCUT2D eigenvalue weighted by Crippen LogP contribution is 2.19. The fourth-order valence-electron chi connectivity index (χ4n) is 2.55. The molecule has 0 radical (unpaired) electrons. The molecule has 0 bridgehead atoms. The Morgan fingerprint density at radius 3 is 2.38 bits per heavy atom. The predicted octanol–water partition coefficient (Wildman–Crippen LogP) is 4.73. The molecule has 4 heteroatoms. The van der Waals surface area contributed by atoms with Crippen molar-refractivity contribution < 1.29 is 14.3 Å². The smallest absolute Gasteiger partial charge is 0.258 e. The number of unbranched alkanes of at least 4 members (excludes halogenated alkanes) is 4. The van der Waals surface area contributed by atoms with E-state index in [4.69, 9.17) is 9.47 Å². The molecule has 26 heavy (non-hydrogen) atoms. The molecule has 0 fully saturated rings. The van der Waals surface area contributed by atoms with E-state index in [0.29, 0.717) is 18.9 Å². The summed E-state index contributed by atoms with van der Waals surface area (Å²) in [6.45, 7) is 3.42. The van der Waals surface area contributed by atoms with E-state index in [9.17, 15) is 4.79 Å². The number of amides is 1. The van der Waals surface area contributed by atoms with Crippen LogP contribution in [0.5, 0.6) is 11.5 Å². The van der Waals surface area contributed by atoms with Crippen molar-refractivity contribution in [2.24, 2.45) is 0 Å². The van der Waals surface area contributed by atoms with Gasteiger partial charge in [-0.05, 0) is 24.1 Å². The zero-order chi connectivity index (χ0) is 18.5. The van der Waals surface area contributed by atoms with Crippen LogP contribution in [0.15, 0.2) is 54.6 Å². The zero-order valence-electron chi connectivity index (χ0n) is 15.6. The summed E-state index contributed by atoms with van der Waals surface area (Å²) in [6.07, 6.45) is 6.06. The summed E-state index contributed by atoms with van der Waals surface area (Å²) >= 11 is 0. The third-order valence-electron chi connectivity index (χ3n) is 4.02. The largest absolute Gasteiger partial charge is 0.493 e. The number of hydrogen-bond donors (Lipinski definition) is 1. The van der Waals surface area contributed by atoms with Gasteiger partial charge in [0.2, 0.25) is 0 Å². The molecule has 4 nitrogen and oxygen atoms in total. The van der Waals surface area contributed by atoms with Crippen LogP contribution < -0.4 is 14.8 Å². The van der Waals surface area contributed by atoms with Crippen molar-refractivity contribution in [1.29, 1.82) is 0 Å². The Kier molecular flexibility index (Phi) is 9.12. The van der Waals surface area contributed by atoms with Gasteiger partial charge in [-0.15, -0.1) is 0 Å². The van der Waals surface area contributed by atoms with Gasteiger partial charge < -0.3 is 14.8 Å². The van der Waals surface area contributed by atoms with Crippen molar-refractivity contribution in [1.82, 2.24) is 5.32 Å². The highest BCUT2D eigenvalue weighted by molar-refractivity contribution is 5.77. The number of benzene rings is 2. The van der Waals surface area contributed by atoms with Crippen molar-refractivity contribution in [2.45, 2.75) is 45.6 Å². The monoisotopic (exact) mass is 355 g/mol. The van der Waals surface area contributed by atoms with Crippen LogP contribution in [-0.2, 0) is 11.3 Å². The Labute approximate surface area is 156 Å². The molecular weight excluding hydrogens is 326 g/mol. The van der Waals surface area contributed by atoms with E-state index in [-0.39, 0.29) is 12.5 Å². The Morgan fingerprint density at radius 1 is 0.885 bits per heavy atom. The topological polar surface area (TPSA) is 47.6 Å². The average Bonchev–Trinajstić information content (AvgIpc) is 2.68. The van der Waals surface area contributed by atoms with Crippen LogP contribution in [-0.4, -0.2) is 19.1 Å². The Balaban J connectivity index is 1.66. The van der Waals surface area contributed by atoms with Crippen molar-refractivity contribution in [3.63, 3.8) is 0 Å². The number of ether oxygens (including phenoxy) is 2. The average molecular weight is 355 g/mol. The maximum atomic E-state index is 11.9. The van der Waals surface area contributed by atoms with Gasteiger partial charge in [-0.2, -0.15) is 0 Å². The Morgan fingerprint density at radius 2 is 1.62 bits per heavy atom. The quantitative estimate of drug-likeness (QED) is 0.560. The summed E-state index contributed by atoms with van der Waals surface area (Å²) in [4.78, 5) is 11.9. The lowest BCUT2D eigenvalue weighted by Gasteiger charge is -2.10. The van der Waals surface area contributed by atoms with E-state index in [0.717, 1.165) is 17.7 Å². The van der Waals surface area contributed by atoms with Gasteiger partial charge in [0.05, 0.1) is 6.61 Å². The SMILES string of the molecule is CCCCCCCOc1cccc(OCC(=O)NCc2ccccc2)c1. The minimum absolute atomic E-state index is 0.00664. The molecular formula is C22H29NO3. The molecule has 2 rings (SSSR count). The van der Waals surface area contributed by atoms with Crippen LogP contribution in [0.3, 0.4) is 0 Å². The minimum atomic E-state index is -0.143. The third kappa shape index (κ3) is 8.06. The summed E-state index contributed by atoms with van der Waals surface area (Å²) in [5.41, 5.74) is 1.06. The van der Waals surface area contributed by atoms with Gasteiger partial charge in [0.25, 0.3) is 5.91 Å². The lowest BCUT2D eigenvalue weighted by atomic mass is 10.2. The maximum absolute atomic E-state index is 11.9. The van der Waals surface area contributed by atoms with Crippen LogP contribution in [0.2, 0.25) is 0 Å². The zero-order valence-corrected chi connectivity index (χ0v) is 15.6. The summed E-state index contributed by atoms with van der Waals surface area (Å²) in [6, 6.07) is 17.3. The Bertz CT molecular complexity index is 643.